The molecule has 0 amide bonds. The van der Waals surface area contributed by atoms with Crippen LogP contribution in [0.25, 0.3) is 0 Å². The van der Waals surface area contributed by atoms with Crippen LogP contribution in [0.2, 0.25) is 0 Å². The summed E-state index contributed by atoms with van der Waals surface area (Å²) in [5.74, 6) is 0. The molecule has 2 nitrogen and oxygen atoms in total. The van der Waals surface area contributed by atoms with E-state index in [4.69, 9.17) is 0 Å². The lowest BCUT2D eigenvalue weighted by molar-refractivity contribution is -0.132. The highest BCUT2D eigenvalue weighted by atomic mass is 35.5. The highest BCUT2D eigenvalue weighted by Gasteiger charge is 2.54. The average molecular weight is 219 g/mol. The first kappa shape index (κ1) is 9.67. The quantitative estimate of drug-likeness (QED) is 0.698. The standard InChI is InChI=1S/C5H3Cl2F3N2/c6-4(7,8)5(9,10)12-2-1-11-3-12/h1-3H. The van der Waals surface area contributed by atoms with Gasteiger partial charge in [0.15, 0.2) is 0 Å². The Morgan fingerprint density at radius 2 is 1.83 bits per heavy atom. The number of halogens is 5. The predicted molar refractivity (Wildman–Crippen MR) is 38.0 cm³/mol. The van der Waals surface area contributed by atoms with E-state index in [0.29, 0.717) is 0 Å². The van der Waals surface area contributed by atoms with E-state index in [1.807, 2.05) is 0 Å². The fourth-order valence-corrected chi connectivity index (χ4v) is 0.767. The molecule has 0 saturated heterocycles. The third-order valence-corrected chi connectivity index (χ3v) is 1.62. The summed E-state index contributed by atoms with van der Waals surface area (Å²) in [5, 5.41) is 0. The van der Waals surface area contributed by atoms with Crippen LogP contribution < -0.4 is 0 Å². The second kappa shape index (κ2) is 2.81. The second-order valence-corrected chi connectivity index (χ2v) is 3.24. The van der Waals surface area contributed by atoms with E-state index >= 15 is 0 Å². The van der Waals surface area contributed by atoms with Crippen molar-refractivity contribution in [1.82, 2.24) is 9.55 Å². The molecule has 1 heterocycles. The van der Waals surface area contributed by atoms with Crippen molar-refractivity contribution < 1.29 is 13.2 Å². The van der Waals surface area contributed by atoms with E-state index < -0.39 is 10.6 Å². The van der Waals surface area contributed by atoms with E-state index in [1.54, 1.807) is 0 Å². The molecule has 1 aromatic heterocycles. The maximum Gasteiger partial charge on any atom is 0.392 e. The van der Waals surface area contributed by atoms with Crippen LogP contribution in [0.5, 0.6) is 0 Å². The van der Waals surface area contributed by atoms with Gasteiger partial charge in [-0.15, -0.1) is 0 Å². The smallest absolute Gasteiger partial charge is 0.273 e. The number of hydrogen-bond donors (Lipinski definition) is 0. The van der Waals surface area contributed by atoms with Crippen molar-refractivity contribution in [1.29, 1.82) is 0 Å². The molecule has 0 bridgehead atoms. The lowest BCUT2D eigenvalue weighted by Gasteiger charge is -2.22. The Hall–Kier alpha value is -0.420. The van der Waals surface area contributed by atoms with Gasteiger partial charge in [0.1, 0.15) is 0 Å². The van der Waals surface area contributed by atoms with Crippen LogP contribution in [-0.2, 0) is 6.05 Å². The molecule has 0 unspecified atom stereocenters. The molecule has 1 aromatic rings. The van der Waals surface area contributed by atoms with Gasteiger partial charge in [-0.25, -0.2) is 4.98 Å². The number of imidazole rings is 1. The summed E-state index contributed by atoms with van der Waals surface area (Å²) < 4.78 is 34.6. The largest absolute Gasteiger partial charge is 0.392 e. The van der Waals surface area contributed by atoms with Gasteiger partial charge >= 0.3 is 10.6 Å². The molecule has 0 aliphatic carbocycles. The summed E-state index contributed by atoms with van der Waals surface area (Å²) in [6, 6.07) is -4.02. The molecule has 0 aliphatic heterocycles. The van der Waals surface area contributed by atoms with Gasteiger partial charge in [-0.3, -0.25) is 4.57 Å². The molecule has 0 aliphatic rings. The van der Waals surface area contributed by atoms with Crippen molar-refractivity contribution in [3.05, 3.63) is 18.7 Å². The molecular formula is C5H3Cl2F3N2. The van der Waals surface area contributed by atoms with Crippen LogP contribution in [0.1, 0.15) is 0 Å². The number of rotatable bonds is 2. The number of alkyl halides is 5. The maximum atomic E-state index is 12.8. The molecule has 0 saturated carbocycles. The Bertz CT molecular complexity index is 254. The first-order valence-corrected chi connectivity index (χ1v) is 3.54. The lowest BCUT2D eigenvalue weighted by Crippen LogP contribution is -2.37. The van der Waals surface area contributed by atoms with Gasteiger partial charge in [-0.05, 0) is 0 Å². The van der Waals surface area contributed by atoms with Gasteiger partial charge < -0.3 is 0 Å². The Morgan fingerprint density at radius 3 is 2.17 bits per heavy atom. The highest BCUT2D eigenvalue weighted by Crippen LogP contribution is 2.43. The molecule has 0 atom stereocenters. The number of nitrogens with zero attached hydrogens (tertiary/aromatic N) is 2. The molecule has 0 aromatic carbocycles. The van der Waals surface area contributed by atoms with Crippen LogP contribution in [0.15, 0.2) is 18.7 Å². The highest BCUT2D eigenvalue weighted by molar-refractivity contribution is 6.47. The minimum absolute atomic E-state index is 0.188. The van der Waals surface area contributed by atoms with Crippen molar-refractivity contribution in [3.8, 4) is 0 Å². The fraction of sp³-hybridized carbons (Fsp3) is 0.400. The van der Waals surface area contributed by atoms with Gasteiger partial charge in [0, 0.05) is 12.4 Å². The topological polar surface area (TPSA) is 17.8 Å². The van der Waals surface area contributed by atoms with E-state index in [2.05, 4.69) is 28.2 Å². The summed E-state index contributed by atoms with van der Waals surface area (Å²) in [5.41, 5.74) is 0. The molecular weight excluding hydrogens is 216 g/mol. The van der Waals surface area contributed by atoms with Crippen molar-refractivity contribution in [2.45, 2.75) is 10.6 Å². The van der Waals surface area contributed by atoms with E-state index in [0.717, 1.165) is 18.7 Å². The van der Waals surface area contributed by atoms with Gasteiger partial charge in [-0.1, -0.05) is 23.2 Å². The summed E-state index contributed by atoms with van der Waals surface area (Å²) in [6.07, 6.45) is 2.64. The summed E-state index contributed by atoms with van der Waals surface area (Å²) in [6.45, 7) is 0. The van der Waals surface area contributed by atoms with Crippen LogP contribution >= 0.6 is 23.2 Å². The Balaban J connectivity index is 3.02. The molecule has 12 heavy (non-hydrogen) atoms. The first-order chi connectivity index (χ1) is 5.36. The molecule has 68 valence electrons. The van der Waals surface area contributed by atoms with Gasteiger partial charge in [0.2, 0.25) is 0 Å². The third kappa shape index (κ3) is 1.51. The summed E-state index contributed by atoms with van der Waals surface area (Å²) in [7, 11) is 0. The number of hydrogen-bond acceptors (Lipinski definition) is 1. The van der Waals surface area contributed by atoms with Gasteiger partial charge in [0.25, 0.3) is 0 Å². The van der Waals surface area contributed by atoms with E-state index in [9.17, 15) is 13.2 Å². The van der Waals surface area contributed by atoms with Crippen molar-refractivity contribution in [3.63, 3.8) is 0 Å². The maximum absolute atomic E-state index is 12.8. The molecule has 1 rings (SSSR count). The van der Waals surface area contributed by atoms with Crippen molar-refractivity contribution in [2.24, 2.45) is 0 Å². The first-order valence-electron chi connectivity index (χ1n) is 2.78. The third-order valence-electron chi connectivity index (χ3n) is 1.17. The molecule has 0 spiro atoms. The van der Waals surface area contributed by atoms with Crippen LogP contribution in [0, 0.1) is 0 Å². The van der Waals surface area contributed by atoms with Crippen LogP contribution in [0.4, 0.5) is 13.2 Å². The lowest BCUT2D eigenvalue weighted by atomic mass is 10.6. The fourth-order valence-electron chi connectivity index (χ4n) is 0.572. The average Bonchev–Trinajstić information content (AvgIpc) is 2.34. The molecule has 0 fully saturated rings. The zero-order chi connectivity index (χ0) is 9.41. The minimum Gasteiger partial charge on any atom is -0.273 e. The summed E-state index contributed by atoms with van der Waals surface area (Å²) in [4.78, 5) is 3.30. The van der Waals surface area contributed by atoms with Gasteiger partial charge in [0.05, 0.1) is 6.33 Å². The van der Waals surface area contributed by atoms with Crippen molar-refractivity contribution >= 4 is 23.2 Å². The molecule has 7 heteroatoms. The van der Waals surface area contributed by atoms with Crippen LogP contribution in [0.3, 0.4) is 0 Å². The van der Waals surface area contributed by atoms with Crippen molar-refractivity contribution in [2.75, 3.05) is 0 Å². The Morgan fingerprint density at radius 1 is 1.25 bits per heavy atom. The Kier molecular flexibility index (Phi) is 2.27. The van der Waals surface area contributed by atoms with Gasteiger partial charge in [-0.2, -0.15) is 13.2 Å². The molecule has 0 N–H and O–H groups in total. The summed E-state index contributed by atoms with van der Waals surface area (Å²) >= 11 is 9.23. The zero-order valence-electron chi connectivity index (χ0n) is 5.52. The predicted octanol–water partition coefficient (Wildman–Crippen LogP) is 2.53. The van der Waals surface area contributed by atoms with Crippen LogP contribution in [-0.4, -0.2) is 14.1 Å². The van der Waals surface area contributed by atoms with E-state index in [1.165, 1.54) is 0 Å². The molecule has 0 radical (unpaired) electrons. The second-order valence-electron chi connectivity index (χ2n) is 2.01. The normalized spacial score (nSPS) is 13.4. The minimum atomic E-state index is -4.02. The SMILES string of the molecule is FC(Cl)(Cl)C(F)(F)n1ccnc1. The van der Waals surface area contributed by atoms with E-state index in [-0.39, 0.29) is 4.57 Å². The zero-order valence-corrected chi connectivity index (χ0v) is 7.03. The monoisotopic (exact) mass is 218 g/mol. The number of aromatic nitrogens is 2. The Labute approximate surface area is 75.9 Å².